The van der Waals surface area contributed by atoms with Crippen molar-refractivity contribution in [1.29, 1.82) is 0 Å². The van der Waals surface area contributed by atoms with Crippen LogP contribution >= 0.6 is 0 Å². The largest absolute Gasteiger partial charge is 0.463 e. The van der Waals surface area contributed by atoms with E-state index in [1.165, 1.54) is 0 Å². The number of carbonyl (C=O) groups is 2. The highest BCUT2D eigenvalue weighted by atomic mass is 16.5. The van der Waals surface area contributed by atoms with Crippen LogP contribution in [-0.4, -0.2) is 55.8 Å². The molecule has 0 radical (unpaired) electrons. The van der Waals surface area contributed by atoms with Crippen LogP contribution in [0.15, 0.2) is 18.3 Å². The molecule has 0 aliphatic carbocycles. The maximum Gasteiger partial charge on any atom is 0.307 e. The van der Waals surface area contributed by atoms with Crippen LogP contribution in [0.2, 0.25) is 0 Å². The van der Waals surface area contributed by atoms with Crippen molar-refractivity contribution in [2.75, 3.05) is 37.7 Å². The third kappa shape index (κ3) is 5.21. The predicted octanol–water partition coefficient (Wildman–Crippen LogP) is 0.990. The van der Waals surface area contributed by atoms with Crippen molar-refractivity contribution < 1.29 is 19.1 Å². The molecule has 1 fully saturated rings. The normalized spacial score (nSPS) is 14.7. The van der Waals surface area contributed by atoms with E-state index in [-0.39, 0.29) is 30.9 Å². The number of aromatic nitrogens is 1. The van der Waals surface area contributed by atoms with Gasteiger partial charge >= 0.3 is 5.97 Å². The molecule has 2 heterocycles. The molecule has 1 N–H and O–H groups in total. The molecule has 0 atom stereocenters. The number of pyridine rings is 1. The molecule has 1 aromatic heterocycles. The average Bonchev–Trinajstić information content (AvgIpc) is 2.55. The van der Waals surface area contributed by atoms with Gasteiger partial charge in [0.25, 0.3) is 5.91 Å². The van der Waals surface area contributed by atoms with Crippen LogP contribution in [0.3, 0.4) is 0 Å². The van der Waals surface area contributed by atoms with E-state index in [0.717, 1.165) is 0 Å². The van der Waals surface area contributed by atoms with Gasteiger partial charge in [0.1, 0.15) is 5.82 Å². The lowest BCUT2D eigenvalue weighted by Gasteiger charge is -2.29. The Morgan fingerprint density at radius 3 is 2.83 bits per heavy atom. The Morgan fingerprint density at radius 2 is 2.13 bits per heavy atom. The molecule has 126 valence electrons. The van der Waals surface area contributed by atoms with Gasteiger partial charge in [0.2, 0.25) is 0 Å². The van der Waals surface area contributed by atoms with E-state index in [4.69, 9.17) is 9.47 Å². The first-order chi connectivity index (χ1) is 11.1. The number of anilines is 1. The summed E-state index contributed by atoms with van der Waals surface area (Å²) in [4.78, 5) is 30.2. The van der Waals surface area contributed by atoms with Crippen LogP contribution in [0.5, 0.6) is 0 Å². The second-order valence-corrected chi connectivity index (χ2v) is 5.52. The minimum atomic E-state index is -0.320. The number of hydrogen-bond donors (Lipinski definition) is 1. The highest BCUT2D eigenvalue weighted by molar-refractivity contribution is 5.99. The first kappa shape index (κ1) is 17.2. The second-order valence-electron chi connectivity index (χ2n) is 5.52. The lowest BCUT2D eigenvalue weighted by atomic mass is 10.2. The summed E-state index contributed by atoms with van der Waals surface area (Å²) in [5.74, 6) is 0.0925. The highest BCUT2D eigenvalue weighted by Crippen LogP contribution is 2.18. The number of nitrogens with one attached hydrogen (secondary N) is 1. The van der Waals surface area contributed by atoms with Crippen LogP contribution in [0, 0.1) is 0 Å². The number of ether oxygens (including phenoxy) is 2. The molecule has 7 nitrogen and oxygen atoms in total. The van der Waals surface area contributed by atoms with E-state index in [1.807, 2.05) is 4.90 Å². The van der Waals surface area contributed by atoms with Crippen molar-refractivity contribution in [3.8, 4) is 0 Å². The van der Waals surface area contributed by atoms with Crippen molar-refractivity contribution in [3.05, 3.63) is 23.9 Å². The number of esters is 1. The van der Waals surface area contributed by atoms with Gasteiger partial charge in [-0.05, 0) is 26.0 Å². The van der Waals surface area contributed by atoms with Crippen molar-refractivity contribution in [2.24, 2.45) is 0 Å². The first-order valence-corrected chi connectivity index (χ1v) is 7.83. The van der Waals surface area contributed by atoms with E-state index in [9.17, 15) is 9.59 Å². The highest BCUT2D eigenvalue weighted by Gasteiger charge is 2.19. The molecule has 1 saturated heterocycles. The maximum absolute atomic E-state index is 12.4. The summed E-state index contributed by atoms with van der Waals surface area (Å²) < 4.78 is 10.4. The Labute approximate surface area is 136 Å². The van der Waals surface area contributed by atoms with Gasteiger partial charge in [0, 0.05) is 25.8 Å². The fourth-order valence-corrected chi connectivity index (χ4v) is 2.30. The summed E-state index contributed by atoms with van der Waals surface area (Å²) in [7, 11) is 0. The molecule has 1 aliphatic rings. The molecule has 1 amide bonds. The van der Waals surface area contributed by atoms with E-state index < -0.39 is 0 Å². The topological polar surface area (TPSA) is 80.8 Å². The molecule has 23 heavy (non-hydrogen) atoms. The molecule has 0 unspecified atom stereocenters. The number of amides is 1. The predicted molar refractivity (Wildman–Crippen MR) is 85.4 cm³/mol. The molecule has 0 bridgehead atoms. The van der Waals surface area contributed by atoms with Gasteiger partial charge in [-0.25, -0.2) is 4.98 Å². The third-order valence-corrected chi connectivity index (χ3v) is 3.32. The molecule has 2 rings (SSSR count). The summed E-state index contributed by atoms with van der Waals surface area (Å²) >= 11 is 0. The molecule has 0 saturated carbocycles. The van der Waals surface area contributed by atoms with Crippen molar-refractivity contribution in [3.63, 3.8) is 0 Å². The van der Waals surface area contributed by atoms with E-state index in [1.54, 1.807) is 32.2 Å². The SMILES string of the molecule is CC(C)OC(=O)CCNC(=O)c1cccnc1N1CCOCC1. The van der Waals surface area contributed by atoms with Crippen LogP contribution in [0.25, 0.3) is 0 Å². The van der Waals surface area contributed by atoms with Gasteiger partial charge in [-0.3, -0.25) is 9.59 Å². The minimum absolute atomic E-state index is 0.149. The van der Waals surface area contributed by atoms with E-state index in [0.29, 0.717) is 37.7 Å². The molecular formula is C16H23N3O4. The quantitative estimate of drug-likeness (QED) is 0.787. The van der Waals surface area contributed by atoms with Gasteiger partial charge in [-0.1, -0.05) is 0 Å². The Balaban J connectivity index is 1.93. The molecule has 0 spiro atoms. The molecule has 1 aliphatic heterocycles. The summed E-state index contributed by atoms with van der Waals surface area (Å²) in [5.41, 5.74) is 0.506. The Bertz CT molecular complexity index is 542. The average molecular weight is 321 g/mol. The summed E-state index contributed by atoms with van der Waals surface area (Å²) in [5, 5.41) is 2.74. The minimum Gasteiger partial charge on any atom is -0.463 e. The van der Waals surface area contributed by atoms with Crippen LogP contribution in [0.1, 0.15) is 30.6 Å². The lowest BCUT2D eigenvalue weighted by molar-refractivity contribution is -0.147. The zero-order valence-electron chi connectivity index (χ0n) is 13.6. The summed E-state index contributed by atoms with van der Waals surface area (Å²) in [6, 6.07) is 3.46. The first-order valence-electron chi connectivity index (χ1n) is 7.83. The number of hydrogen-bond acceptors (Lipinski definition) is 6. The van der Waals surface area contributed by atoms with Crippen molar-refractivity contribution in [2.45, 2.75) is 26.4 Å². The number of morpholine rings is 1. The van der Waals surface area contributed by atoms with Gasteiger partial charge in [0.15, 0.2) is 0 Å². The zero-order chi connectivity index (χ0) is 16.7. The smallest absolute Gasteiger partial charge is 0.307 e. The fraction of sp³-hybridized carbons (Fsp3) is 0.562. The van der Waals surface area contributed by atoms with Crippen molar-refractivity contribution >= 4 is 17.7 Å². The van der Waals surface area contributed by atoms with Crippen LogP contribution in [0.4, 0.5) is 5.82 Å². The Hall–Kier alpha value is -2.15. The van der Waals surface area contributed by atoms with Crippen molar-refractivity contribution in [1.82, 2.24) is 10.3 Å². The third-order valence-electron chi connectivity index (χ3n) is 3.32. The van der Waals surface area contributed by atoms with E-state index in [2.05, 4.69) is 10.3 Å². The molecule has 1 aromatic rings. The second kappa shape index (κ2) is 8.47. The summed E-state index contributed by atoms with van der Waals surface area (Å²) in [6.45, 7) is 6.48. The monoisotopic (exact) mass is 321 g/mol. The fourth-order valence-electron chi connectivity index (χ4n) is 2.30. The maximum atomic E-state index is 12.4. The van der Waals surface area contributed by atoms with Gasteiger partial charge in [-0.2, -0.15) is 0 Å². The molecule has 0 aromatic carbocycles. The summed E-state index contributed by atoms with van der Waals surface area (Å²) in [6.07, 6.45) is 1.67. The van der Waals surface area contributed by atoms with Gasteiger partial charge < -0.3 is 19.7 Å². The number of rotatable bonds is 6. The van der Waals surface area contributed by atoms with Crippen LogP contribution in [-0.2, 0) is 14.3 Å². The van der Waals surface area contributed by atoms with Gasteiger partial charge in [-0.15, -0.1) is 0 Å². The Kier molecular flexibility index (Phi) is 6.34. The van der Waals surface area contributed by atoms with Crippen LogP contribution < -0.4 is 10.2 Å². The zero-order valence-corrected chi connectivity index (χ0v) is 13.6. The molecular weight excluding hydrogens is 298 g/mol. The lowest BCUT2D eigenvalue weighted by Crippen LogP contribution is -2.38. The molecule has 7 heteroatoms. The number of nitrogens with zero attached hydrogens (tertiary/aromatic N) is 2. The van der Waals surface area contributed by atoms with Gasteiger partial charge in [0.05, 0.1) is 31.3 Å². The standard InChI is InChI=1S/C16H23N3O4/c1-12(2)23-14(20)5-7-18-16(21)13-4-3-6-17-15(13)19-8-10-22-11-9-19/h3-4,6,12H,5,7-11H2,1-2H3,(H,18,21). The Morgan fingerprint density at radius 1 is 1.39 bits per heavy atom. The number of carbonyl (C=O) groups excluding carboxylic acids is 2. The van der Waals surface area contributed by atoms with E-state index >= 15 is 0 Å².